The molecule has 0 aliphatic heterocycles. The van der Waals surface area contributed by atoms with Crippen LogP contribution in [-0.2, 0) is 6.42 Å². The van der Waals surface area contributed by atoms with Gasteiger partial charge in [-0.1, -0.05) is 33.8 Å². The third kappa shape index (κ3) is 2.05. The van der Waals surface area contributed by atoms with E-state index in [2.05, 4.69) is 50.5 Å². The van der Waals surface area contributed by atoms with Gasteiger partial charge in [-0.2, -0.15) is 0 Å². The first kappa shape index (κ1) is 12.1. The highest BCUT2D eigenvalue weighted by Gasteiger charge is 2.63. The van der Waals surface area contributed by atoms with Crippen molar-refractivity contribution in [1.82, 2.24) is 5.32 Å². The maximum absolute atomic E-state index is 3.60. The Kier molecular flexibility index (Phi) is 3.15. The lowest BCUT2D eigenvalue weighted by Gasteiger charge is -2.04. The third-order valence-corrected chi connectivity index (χ3v) is 5.73. The number of hydrogen-bond acceptors (Lipinski definition) is 2. The zero-order valence-electron chi connectivity index (χ0n) is 10.8. The first-order chi connectivity index (χ1) is 7.46. The summed E-state index contributed by atoms with van der Waals surface area (Å²) in [6.45, 7) is 11.8. The molecule has 1 aliphatic carbocycles. The molecule has 1 aromatic rings. The summed E-state index contributed by atoms with van der Waals surface area (Å²) in [5.74, 6) is 0.836. The third-order valence-electron chi connectivity index (χ3n) is 4.80. The van der Waals surface area contributed by atoms with Gasteiger partial charge in [-0.05, 0) is 47.7 Å². The molecular weight excluding hydrogens is 214 g/mol. The molecule has 1 aromatic heterocycles. The van der Waals surface area contributed by atoms with Gasteiger partial charge in [-0.15, -0.1) is 11.3 Å². The highest BCUT2D eigenvalue weighted by atomic mass is 32.1. The minimum atomic E-state index is 0.517. The largest absolute Gasteiger partial charge is 0.316 e. The van der Waals surface area contributed by atoms with Gasteiger partial charge in [-0.3, -0.25) is 0 Å². The van der Waals surface area contributed by atoms with Crippen LogP contribution in [0.25, 0.3) is 0 Å². The zero-order valence-corrected chi connectivity index (χ0v) is 11.7. The van der Waals surface area contributed by atoms with Crippen LogP contribution in [0.5, 0.6) is 0 Å². The van der Waals surface area contributed by atoms with Crippen molar-refractivity contribution in [3.63, 3.8) is 0 Å². The van der Waals surface area contributed by atoms with E-state index in [4.69, 9.17) is 0 Å². The molecule has 90 valence electrons. The van der Waals surface area contributed by atoms with E-state index in [1.165, 1.54) is 17.8 Å². The lowest BCUT2D eigenvalue weighted by Crippen LogP contribution is -2.21. The Morgan fingerprint density at radius 1 is 1.25 bits per heavy atom. The maximum atomic E-state index is 3.60. The smallest absolute Gasteiger partial charge is 0.00578 e. The van der Waals surface area contributed by atoms with Crippen LogP contribution in [0.2, 0.25) is 0 Å². The van der Waals surface area contributed by atoms with Crippen molar-refractivity contribution in [2.24, 2.45) is 16.7 Å². The van der Waals surface area contributed by atoms with Crippen LogP contribution in [-0.4, -0.2) is 13.1 Å². The quantitative estimate of drug-likeness (QED) is 0.772. The molecule has 1 N–H and O–H groups in total. The molecular formula is C14H23NS. The minimum Gasteiger partial charge on any atom is -0.316 e. The SMILES string of the molecule is CC1(C)C(CNCCc2cccs2)C1(C)C. The van der Waals surface area contributed by atoms with Crippen LogP contribution in [0, 0.1) is 16.7 Å². The Morgan fingerprint density at radius 3 is 2.44 bits per heavy atom. The van der Waals surface area contributed by atoms with E-state index >= 15 is 0 Å². The van der Waals surface area contributed by atoms with Gasteiger partial charge >= 0.3 is 0 Å². The van der Waals surface area contributed by atoms with E-state index in [1.807, 2.05) is 11.3 Å². The molecule has 0 aromatic carbocycles. The molecule has 2 rings (SSSR count). The molecule has 1 fully saturated rings. The van der Waals surface area contributed by atoms with E-state index < -0.39 is 0 Å². The molecule has 0 unspecified atom stereocenters. The van der Waals surface area contributed by atoms with Crippen molar-refractivity contribution in [3.05, 3.63) is 22.4 Å². The lowest BCUT2D eigenvalue weighted by molar-refractivity contribution is 0.457. The molecule has 1 aliphatic rings. The summed E-state index contributed by atoms with van der Waals surface area (Å²) in [5, 5.41) is 5.76. The van der Waals surface area contributed by atoms with Gasteiger partial charge < -0.3 is 5.32 Å². The molecule has 0 bridgehead atoms. The van der Waals surface area contributed by atoms with E-state index in [1.54, 1.807) is 0 Å². The molecule has 1 saturated carbocycles. The summed E-state index contributed by atoms with van der Waals surface area (Å²) in [7, 11) is 0. The van der Waals surface area contributed by atoms with Gasteiger partial charge in [0, 0.05) is 4.88 Å². The molecule has 0 radical (unpaired) electrons. The van der Waals surface area contributed by atoms with Crippen LogP contribution in [0.15, 0.2) is 17.5 Å². The van der Waals surface area contributed by atoms with E-state index in [-0.39, 0.29) is 0 Å². The van der Waals surface area contributed by atoms with Gasteiger partial charge in [0.2, 0.25) is 0 Å². The van der Waals surface area contributed by atoms with Gasteiger partial charge in [0.1, 0.15) is 0 Å². The molecule has 0 atom stereocenters. The monoisotopic (exact) mass is 237 g/mol. The molecule has 16 heavy (non-hydrogen) atoms. The van der Waals surface area contributed by atoms with Gasteiger partial charge in [0.05, 0.1) is 0 Å². The first-order valence-electron chi connectivity index (χ1n) is 6.19. The average molecular weight is 237 g/mol. The van der Waals surface area contributed by atoms with Crippen LogP contribution in [0.3, 0.4) is 0 Å². The molecule has 1 nitrogen and oxygen atoms in total. The molecule has 1 heterocycles. The summed E-state index contributed by atoms with van der Waals surface area (Å²) < 4.78 is 0. The van der Waals surface area contributed by atoms with Gasteiger partial charge in [-0.25, -0.2) is 0 Å². The zero-order chi connectivity index (χ0) is 11.8. The van der Waals surface area contributed by atoms with Crippen molar-refractivity contribution in [1.29, 1.82) is 0 Å². The van der Waals surface area contributed by atoms with E-state index in [0.29, 0.717) is 10.8 Å². The van der Waals surface area contributed by atoms with Crippen molar-refractivity contribution in [2.75, 3.05) is 13.1 Å². The van der Waals surface area contributed by atoms with Gasteiger partial charge in [0.25, 0.3) is 0 Å². The van der Waals surface area contributed by atoms with Gasteiger partial charge in [0.15, 0.2) is 0 Å². The second-order valence-corrected chi connectivity index (χ2v) is 7.06. The predicted molar refractivity (Wildman–Crippen MR) is 71.9 cm³/mol. The van der Waals surface area contributed by atoms with Crippen molar-refractivity contribution < 1.29 is 0 Å². The normalized spacial score (nSPS) is 22.2. The Labute approximate surface area is 103 Å². The minimum absolute atomic E-state index is 0.517. The van der Waals surface area contributed by atoms with Crippen molar-refractivity contribution >= 4 is 11.3 Å². The fraction of sp³-hybridized carbons (Fsp3) is 0.714. The van der Waals surface area contributed by atoms with Crippen molar-refractivity contribution in [3.8, 4) is 0 Å². The standard InChI is InChI=1S/C14H23NS/c1-13(2)12(14(13,3)4)10-15-8-7-11-6-5-9-16-11/h5-6,9,12,15H,7-8,10H2,1-4H3. The van der Waals surface area contributed by atoms with Crippen LogP contribution < -0.4 is 5.32 Å². The number of thiophene rings is 1. The molecule has 0 spiro atoms. The topological polar surface area (TPSA) is 12.0 Å². The van der Waals surface area contributed by atoms with Crippen LogP contribution >= 0.6 is 11.3 Å². The maximum Gasteiger partial charge on any atom is 0.00578 e. The number of nitrogens with one attached hydrogen (secondary N) is 1. The fourth-order valence-corrected chi connectivity index (χ4v) is 3.47. The second kappa shape index (κ2) is 4.15. The fourth-order valence-electron chi connectivity index (χ4n) is 2.76. The molecule has 0 saturated heterocycles. The highest BCUT2D eigenvalue weighted by Crippen LogP contribution is 2.67. The van der Waals surface area contributed by atoms with E-state index in [9.17, 15) is 0 Å². The lowest BCUT2D eigenvalue weighted by atomic mass is 10.0. The Balaban J connectivity index is 1.67. The summed E-state index contributed by atoms with van der Waals surface area (Å²) in [5.41, 5.74) is 1.03. The summed E-state index contributed by atoms with van der Waals surface area (Å²) in [6, 6.07) is 4.35. The Hall–Kier alpha value is -0.340. The number of hydrogen-bond donors (Lipinski definition) is 1. The van der Waals surface area contributed by atoms with E-state index in [0.717, 1.165) is 12.5 Å². The summed E-state index contributed by atoms with van der Waals surface area (Å²) in [4.78, 5) is 1.49. The molecule has 0 amide bonds. The average Bonchev–Trinajstić information content (AvgIpc) is 2.64. The highest BCUT2D eigenvalue weighted by molar-refractivity contribution is 7.09. The van der Waals surface area contributed by atoms with Crippen molar-refractivity contribution in [2.45, 2.75) is 34.1 Å². The van der Waals surface area contributed by atoms with Crippen LogP contribution in [0.1, 0.15) is 32.6 Å². The summed E-state index contributed by atoms with van der Waals surface area (Å²) >= 11 is 1.86. The first-order valence-corrected chi connectivity index (χ1v) is 7.07. The Bertz CT molecular complexity index is 324. The second-order valence-electron chi connectivity index (χ2n) is 6.03. The number of rotatable bonds is 5. The van der Waals surface area contributed by atoms with Crippen LogP contribution in [0.4, 0.5) is 0 Å². The predicted octanol–water partition coefficient (Wildman–Crippen LogP) is 3.56. The molecule has 2 heteroatoms. The summed E-state index contributed by atoms with van der Waals surface area (Å²) in [6.07, 6.45) is 1.17. The Morgan fingerprint density at radius 2 is 1.94 bits per heavy atom.